The Bertz CT molecular complexity index is 840. The monoisotopic (exact) mass is 324 g/mol. The second-order valence-electron chi connectivity index (χ2n) is 5.41. The highest BCUT2D eigenvalue weighted by Crippen LogP contribution is 2.17. The van der Waals surface area contributed by atoms with E-state index >= 15 is 0 Å². The van der Waals surface area contributed by atoms with Gasteiger partial charge in [-0.3, -0.25) is 4.79 Å². The number of anilines is 1. The summed E-state index contributed by atoms with van der Waals surface area (Å²) in [7, 11) is 0. The molecule has 0 aliphatic rings. The summed E-state index contributed by atoms with van der Waals surface area (Å²) in [5.74, 6) is -0.616. The number of hydrogen-bond donors (Lipinski definition) is 0. The molecule has 0 saturated carbocycles. The smallest absolute Gasteiger partial charge is 0.280 e. The third kappa shape index (κ3) is 3.17. The van der Waals surface area contributed by atoms with Crippen LogP contribution in [-0.2, 0) is 0 Å². The van der Waals surface area contributed by atoms with Crippen LogP contribution < -0.4 is 4.90 Å². The second kappa shape index (κ2) is 6.62. The lowest BCUT2D eigenvalue weighted by Crippen LogP contribution is -2.30. The zero-order valence-corrected chi connectivity index (χ0v) is 13.5. The SMILES string of the molecule is CCN(C(=O)c1cn(-c2ccc(C)cc2)nn1)c1ccc(F)cc1. The largest absolute Gasteiger partial charge is 0.307 e. The molecule has 0 N–H and O–H groups in total. The van der Waals surface area contributed by atoms with Crippen molar-refractivity contribution in [1.82, 2.24) is 15.0 Å². The van der Waals surface area contributed by atoms with Crippen LogP contribution in [0.5, 0.6) is 0 Å². The van der Waals surface area contributed by atoms with Crippen LogP contribution in [0, 0.1) is 12.7 Å². The average molecular weight is 324 g/mol. The van der Waals surface area contributed by atoms with Gasteiger partial charge in [0.2, 0.25) is 0 Å². The van der Waals surface area contributed by atoms with Crippen LogP contribution in [0.2, 0.25) is 0 Å². The summed E-state index contributed by atoms with van der Waals surface area (Å²) in [6, 6.07) is 13.6. The summed E-state index contributed by atoms with van der Waals surface area (Å²) in [6.07, 6.45) is 1.60. The van der Waals surface area contributed by atoms with E-state index in [2.05, 4.69) is 10.3 Å². The van der Waals surface area contributed by atoms with Gasteiger partial charge in [0.1, 0.15) is 5.82 Å². The number of amides is 1. The Labute approximate surface area is 139 Å². The number of aryl methyl sites for hydroxylation is 1. The molecule has 3 rings (SSSR count). The molecule has 0 atom stereocenters. The summed E-state index contributed by atoms with van der Waals surface area (Å²) in [6.45, 7) is 4.30. The molecule has 0 radical (unpaired) electrons. The Morgan fingerprint density at radius 1 is 1.12 bits per heavy atom. The van der Waals surface area contributed by atoms with Crippen molar-refractivity contribution in [2.45, 2.75) is 13.8 Å². The van der Waals surface area contributed by atoms with Gasteiger partial charge in [-0.15, -0.1) is 5.10 Å². The fourth-order valence-corrected chi connectivity index (χ4v) is 2.39. The maximum atomic E-state index is 13.1. The van der Waals surface area contributed by atoms with Gasteiger partial charge >= 0.3 is 0 Å². The Hall–Kier alpha value is -3.02. The fraction of sp³-hybridized carbons (Fsp3) is 0.167. The van der Waals surface area contributed by atoms with Crippen molar-refractivity contribution in [2.24, 2.45) is 0 Å². The van der Waals surface area contributed by atoms with Gasteiger partial charge in [0, 0.05) is 12.2 Å². The van der Waals surface area contributed by atoms with Crippen LogP contribution in [0.25, 0.3) is 5.69 Å². The summed E-state index contributed by atoms with van der Waals surface area (Å²) in [4.78, 5) is 14.2. The van der Waals surface area contributed by atoms with Gasteiger partial charge in [0.05, 0.1) is 11.9 Å². The van der Waals surface area contributed by atoms with Crippen LogP contribution in [0.3, 0.4) is 0 Å². The van der Waals surface area contributed by atoms with Crippen LogP contribution in [0.1, 0.15) is 23.0 Å². The number of hydrogen-bond acceptors (Lipinski definition) is 3. The van der Waals surface area contributed by atoms with E-state index in [0.29, 0.717) is 12.2 Å². The maximum Gasteiger partial charge on any atom is 0.280 e. The molecule has 0 saturated heterocycles. The van der Waals surface area contributed by atoms with Crippen molar-refractivity contribution < 1.29 is 9.18 Å². The Morgan fingerprint density at radius 2 is 1.79 bits per heavy atom. The maximum absolute atomic E-state index is 13.1. The molecule has 1 heterocycles. The van der Waals surface area contributed by atoms with E-state index in [1.807, 2.05) is 38.1 Å². The Kier molecular flexibility index (Phi) is 4.37. The molecule has 3 aromatic rings. The number of carbonyl (C=O) groups excluding carboxylic acids is 1. The van der Waals surface area contributed by atoms with E-state index in [9.17, 15) is 9.18 Å². The van der Waals surface area contributed by atoms with Gasteiger partial charge in [-0.2, -0.15) is 0 Å². The number of halogens is 1. The Balaban J connectivity index is 1.86. The topological polar surface area (TPSA) is 51.0 Å². The minimum absolute atomic E-state index is 0.238. The molecule has 122 valence electrons. The molecule has 1 aromatic heterocycles. The summed E-state index contributed by atoms with van der Waals surface area (Å²) >= 11 is 0. The number of carbonyl (C=O) groups is 1. The molecule has 6 heteroatoms. The highest BCUT2D eigenvalue weighted by molar-refractivity contribution is 6.04. The van der Waals surface area contributed by atoms with Gasteiger partial charge in [-0.25, -0.2) is 9.07 Å². The van der Waals surface area contributed by atoms with Crippen LogP contribution >= 0.6 is 0 Å². The van der Waals surface area contributed by atoms with Gasteiger partial charge < -0.3 is 4.90 Å². The predicted molar refractivity (Wildman–Crippen MR) is 89.8 cm³/mol. The Morgan fingerprint density at radius 3 is 2.42 bits per heavy atom. The fourth-order valence-electron chi connectivity index (χ4n) is 2.39. The van der Waals surface area contributed by atoms with Crippen LogP contribution in [-0.4, -0.2) is 27.4 Å². The van der Waals surface area contributed by atoms with Crippen LogP contribution in [0.15, 0.2) is 54.7 Å². The normalized spacial score (nSPS) is 10.6. The quantitative estimate of drug-likeness (QED) is 0.739. The first kappa shape index (κ1) is 15.9. The van der Waals surface area contributed by atoms with Crippen molar-refractivity contribution in [2.75, 3.05) is 11.4 Å². The first-order chi connectivity index (χ1) is 11.6. The lowest BCUT2D eigenvalue weighted by molar-refractivity contribution is 0.0983. The standard InChI is InChI=1S/C18H17FN4O/c1-3-22(15-10-6-14(19)7-11-15)18(24)17-12-23(21-20-17)16-8-4-13(2)5-9-16/h4-12H,3H2,1-2H3. The average Bonchev–Trinajstić information content (AvgIpc) is 3.08. The molecule has 24 heavy (non-hydrogen) atoms. The van der Waals surface area contributed by atoms with Gasteiger partial charge in [-0.05, 0) is 50.2 Å². The minimum Gasteiger partial charge on any atom is -0.307 e. The summed E-state index contributed by atoms with van der Waals surface area (Å²) in [5.41, 5.74) is 2.83. The molecule has 0 aliphatic carbocycles. The summed E-state index contributed by atoms with van der Waals surface area (Å²) in [5, 5.41) is 8.00. The molecular weight excluding hydrogens is 307 g/mol. The van der Waals surface area contributed by atoms with Crippen molar-refractivity contribution in [3.05, 3.63) is 71.8 Å². The third-order valence-electron chi connectivity index (χ3n) is 3.71. The molecule has 0 bridgehead atoms. The highest BCUT2D eigenvalue weighted by Gasteiger charge is 2.19. The molecule has 1 amide bonds. The predicted octanol–water partition coefficient (Wildman–Crippen LogP) is 3.38. The molecule has 2 aromatic carbocycles. The third-order valence-corrected chi connectivity index (χ3v) is 3.71. The van der Waals surface area contributed by atoms with Gasteiger partial charge in [0.15, 0.2) is 5.69 Å². The minimum atomic E-state index is -0.340. The zero-order valence-electron chi connectivity index (χ0n) is 13.5. The van der Waals surface area contributed by atoms with Crippen molar-refractivity contribution in [3.8, 4) is 5.69 Å². The molecular formula is C18H17FN4O. The molecule has 0 fully saturated rings. The van der Waals surface area contributed by atoms with E-state index in [1.54, 1.807) is 23.0 Å². The molecule has 5 nitrogen and oxygen atoms in total. The molecule has 0 aliphatic heterocycles. The number of aromatic nitrogens is 3. The van der Waals surface area contributed by atoms with Gasteiger partial charge in [0.25, 0.3) is 5.91 Å². The molecule has 0 spiro atoms. The van der Waals surface area contributed by atoms with E-state index in [4.69, 9.17) is 0 Å². The van der Waals surface area contributed by atoms with Crippen molar-refractivity contribution in [3.63, 3.8) is 0 Å². The van der Waals surface area contributed by atoms with Gasteiger partial charge in [-0.1, -0.05) is 22.9 Å². The molecule has 0 unspecified atom stereocenters. The van der Waals surface area contributed by atoms with Crippen molar-refractivity contribution >= 4 is 11.6 Å². The van der Waals surface area contributed by atoms with E-state index in [0.717, 1.165) is 11.3 Å². The first-order valence-corrected chi connectivity index (χ1v) is 7.65. The number of rotatable bonds is 4. The van der Waals surface area contributed by atoms with Crippen LogP contribution in [0.4, 0.5) is 10.1 Å². The lowest BCUT2D eigenvalue weighted by atomic mass is 10.2. The van der Waals surface area contributed by atoms with E-state index in [1.165, 1.54) is 17.0 Å². The second-order valence-corrected chi connectivity index (χ2v) is 5.41. The number of nitrogens with zero attached hydrogens (tertiary/aromatic N) is 4. The first-order valence-electron chi connectivity index (χ1n) is 7.65. The van der Waals surface area contributed by atoms with Crippen molar-refractivity contribution in [1.29, 1.82) is 0 Å². The zero-order chi connectivity index (χ0) is 17.1. The van der Waals surface area contributed by atoms with E-state index in [-0.39, 0.29) is 17.4 Å². The number of benzene rings is 2. The van der Waals surface area contributed by atoms with E-state index < -0.39 is 0 Å². The summed E-state index contributed by atoms with van der Waals surface area (Å²) < 4.78 is 14.6. The highest BCUT2D eigenvalue weighted by atomic mass is 19.1. The lowest BCUT2D eigenvalue weighted by Gasteiger charge is -2.19.